The minimum Gasteiger partial charge on any atom is -0.392 e. The number of hydrogen-bond acceptors (Lipinski definition) is 2. The molecule has 0 aromatic rings. The average Bonchev–Trinajstić information content (AvgIpc) is 1.87. The Morgan fingerprint density at radius 1 is 1.42 bits per heavy atom. The molecule has 2 heteroatoms. The molecule has 2 nitrogen and oxygen atoms in total. The maximum absolute atomic E-state index is 8.71. The van der Waals surface area contributed by atoms with Gasteiger partial charge in [0.15, 0.2) is 0 Å². The summed E-state index contributed by atoms with van der Waals surface area (Å²) >= 11 is 0. The Labute approximate surface area is 75.2 Å². The van der Waals surface area contributed by atoms with Gasteiger partial charge in [-0.3, -0.25) is 0 Å². The number of rotatable bonds is 2. The number of aliphatic hydroxyl groups is 2. The van der Waals surface area contributed by atoms with Crippen LogP contribution in [-0.2, 0) is 0 Å². The zero-order valence-corrected chi connectivity index (χ0v) is 8.46. The van der Waals surface area contributed by atoms with E-state index < -0.39 is 5.60 Å². The van der Waals surface area contributed by atoms with Crippen LogP contribution in [0.25, 0.3) is 0 Å². The molecule has 0 amide bonds. The van der Waals surface area contributed by atoms with E-state index in [1.165, 1.54) is 6.08 Å². The summed E-state index contributed by atoms with van der Waals surface area (Å²) in [5, 5.41) is 16.9. The molecule has 0 aliphatic carbocycles. The molecule has 0 atom stereocenters. The van der Waals surface area contributed by atoms with Gasteiger partial charge in [0.1, 0.15) is 0 Å². The standard InChI is InChI=1S/2C5H10O/c1-5(2)3-4-6;1-4-5(2,3)6/h3,6H,4H2,1-2H3;4,6H,1H2,2-3H3. The van der Waals surface area contributed by atoms with Gasteiger partial charge in [-0.15, -0.1) is 6.58 Å². The van der Waals surface area contributed by atoms with Gasteiger partial charge >= 0.3 is 0 Å². The van der Waals surface area contributed by atoms with E-state index in [0.717, 1.165) is 5.57 Å². The van der Waals surface area contributed by atoms with Crippen LogP contribution < -0.4 is 0 Å². The van der Waals surface area contributed by atoms with E-state index in [-0.39, 0.29) is 6.61 Å². The molecule has 0 heterocycles. The Hall–Kier alpha value is -0.600. The Balaban J connectivity index is 0. The second kappa shape index (κ2) is 7.07. The summed E-state index contributed by atoms with van der Waals surface area (Å²) in [6, 6.07) is 0. The minimum absolute atomic E-state index is 0.169. The molecule has 0 fully saturated rings. The van der Waals surface area contributed by atoms with E-state index in [1.54, 1.807) is 19.9 Å². The van der Waals surface area contributed by atoms with E-state index in [1.807, 2.05) is 13.8 Å². The lowest BCUT2D eigenvalue weighted by Crippen LogP contribution is -2.12. The van der Waals surface area contributed by atoms with Gasteiger partial charge in [-0.1, -0.05) is 17.7 Å². The van der Waals surface area contributed by atoms with Crippen LogP contribution >= 0.6 is 0 Å². The molecule has 0 radical (unpaired) electrons. The van der Waals surface area contributed by atoms with E-state index >= 15 is 0 Å². The van der Waals surface area contributed by atoms with Gasteiger partial charge in [-0.2, -0.15) is 0 Å². The van der Waals surface area contributed by atoms with Gasteiger partial charge in [0.05, 0.1) is 12.2 Å². The van der Waals surface area contributed by atoms with Gasteiger partial charge in [-0.25, -0.2) is 0 Å². The molecule has 0 saturated heterocycles. The third kappa shape index (κ3) is 22.7. The van der Waals surface area contributed by atoms with E-state index in [9.17, 15) is 0 Å². The van der Waals surface area contributed by atoms with Crippen LogP contribution in [0.2, 0.25) is 0 Å². The molecular formula is C10H20O2. The SMILES string of the molecule is C=CC(C)(C)O.CC(C)=CCO. The number of hydrogen-bond donors (Lipinski definition) is 2. The first-order chi connectivity index (χ1) is 5.33. The summed E-state index contributed by atoms with van der Waals surface area (Å²) in [4.78, 5) is 0. The number of aliphatic hydroxyl groups excluding tert-OH is 1. The van der Waals surface area contributed by atoms with Crippen molar-refractivity contribution in [2.45, 2.75) is 33.3 Å². The molecule has 0 bridgehead atoms. The van der Waals surface area contributed by atoms with Crippen molar-refractivity contribution < 1.29 is 10.2 Å². The number of allylic oxidation sites excluding steroid dienone is 1. The molecule has 0 aliphatic heterocycles. The quantitative estimate of drug-likeness (QED) is 0.624. The molecule has 0 aromatic carbocycles. The maximum atomic E-state index is 8.71. The maximum Gasteiger partial charge on any atom is 0.0769 e. The smallest absolute Gasteiger partial charge is 0.0769 e. The molecule has 72 valence electrons. The van der Waals surface area contributed by atoms with Gasteiger partial charge in [0, 0.05) is 0 Å². The molecule has 0 saturated carbocycles. The van der Waals surface area contributed by atoms with Crippen molar-refractivity contribution in [2.75, 3.05) is 6.61 Å². The first-order valence-corrected chi connectivity index (χ1v) is 3.93. The average molecular weight is 172 g/mol. The van der Waals surface area contributed by atoms with Crippen LogP contribution in [-0.4, -0.2) is 22.4 Å². The van der Waals surface area contributed by atoms with Crippen LogP contribution in [0.4, 0.5) is 0 Å². The normalized spacial score (nSPS) is 9.50. The van der Waals surface area contributed by atoms with Crippen molar-refractivity contribution >= 4 is 0 Å². The summed E-state index contributed by atoms with van der Waals surface area (Å²) in [7, 11) is 0. The van der Waals surface area contributed by atoms with Gasteiger partial charge in [0.2, 0.25) is 0 Å². The molecule has 0 spiro atoms. The highest BCUT2D eigenvalue weighted by molar-refractivity contribution is 4.91. The van der Waals surface area contributed by atoms with E-state index in [2.05, 4.69) is 6.58 Å². The topological polar surface area (TPSA) is 40.5 Å². The van der Waals surface area contributed by atoms with Crippen molar-refractivity contribution in [3.63, 3.8) is 0 Å². The molecule has 0 aliphatic rings. The molecule has 12 heavy (non-hydrogen) atoms. The lowest BCUT2D eigenvalue weighted by molar-refractivity contribution is 0.133. The lowest BCUT2D eigenvalue weighted by Gasteiger charge is -2.07. The minimum atomic E-state index is -0.694. The summed E-state index contributed by atoms with van der Waals surface area (Å²) in [5.74, 6) is 0. The third-order valence-electron chi connectivity index (χ3n) is 0.999. The van der Waals surface area contributed by atoms with Crippen molar-refractivity contribution in [1.82, 2.24) is 0 Å². The second-order valence-corrected chi connectivity index (χ2v) is 3.32. The Bertz CT molecular complexity index is 136. The van der Waals surface area contributed by atoms with E-state index in [4.69, 9.17) is 10.2 Å². The van der Waals surface area contributed by atoms with E-state index in [0.29, 0.717) is 0 Å². The summed E-state index contributed by atoms with van der Waals surface area (Å²) < 4.78 is 0. The fourth-order valence-corrected chi connectivity index (χ4v) is 0.183. The van der Waals surface area contributed by atoms with Gasteiger partial charge < -0.3 is 10.2 Å². The van der Waals surface area contributed by atoms with Crippen LogP contribution in [0.3, 0.4) is 0 Å². The van der Waals surface area contributed by atoms with Gasteiger partial charge in [-0.05, 0) is 27.7 Å². The molecular weight excluding hydrogens is 152 g/mol. The molecule has 0 unspecified atom stereocenters. The monoisotopic (exact) mass is 172 g/mol. The van der Waals surface area contributed by atoms with Crippen molar-refractivity contribution in [3.8, 4) is 0 Å². The summed E-state index contributed by atoms with van der Waals surface area (Å²) in [6.07, 6.45) is 3.26. The van der Waals surface area contributed by atoms with Gasteiger partial charge in [0.25, 0.3) is 0 Å². The van der Waals surface area contributed by atoms with Crippen LogP contribution in [0.15, 0.2) is 24.3 Å². The van der Waals surface area contributed by atoms with Crippen LogP contribution in [0.5, 0.6) is 0 Å². The highest BCUT2D eigenvalue weighted by Crippen LogP contribution is 1.98. The molecule has 2 N–H and O–H groups in total. The Kier molecular flexibility index (Phi) is 8.22. The zero-order chi connectivity index (χ0) is 10.2. The molecule has 0 rings (SSSR count). The lowest BCUT2D eigenvalue weighted by atomic mass is 10.1. The highest BCUT2D eigenvalue weighted by atomic mass is 16.3. The van der Waals surface area contributed by atoms with Crippen molar-refractivity contribution in [2.24, 2.45) is 0 Å². The first-order valence-electron chi connectivity index (χ1n) is 3.93. The van der Waals surface area contributed by atoms with Crippen LogP contribution in [0, 0.1) is 0 Å². The van der Waals surface area contributed by atoms with Crippen molar-refractivity contribution in [3.05, 3.63) is 24.3 Å². The zero-order valence-electron chi connectivity index (χ0n) is 8.46. The summed E-state index contributed by atoms with van der Waals surface area (Å²) in [6.45, 7) is 10.8. The molecule has 0 aromatic heterocycles. The summed E-state index contributed by atoms with van der Waals surface area (Å²) in [5.41, 5.74) is 0.470. The van der Waals surface area contributed by atoms with Crippen molar-refractivity contribution in [1.29, 1.82) is 0 Å². The predicted molar refractivity (Wildman–Crippen MR) is 53.0 cm³/mol. The van der Waals surface area contributed by atoms with Crippen LogP contribution in [0.1, 0.15) is 27.7 Å². The Morgan fingerprint density at radius 2 is 1.75 bits per heavy atom. The third-order valence-corrected chi connectivity index (χ3v) is 0.999. The highest BCUT2D eigenvalue weighted by Gasteiger charge is 2.02. The first kappa shape index (κ1) is 14.0. The Morgan fingerprint density at radius 3 is 1.75 bits per heavy atom. The predicted octanol–water partition coefficient (Wildman–Crippen LogP) is 1.89. The largest absolute Gasteiger partial charge is 0.392 e. The fraction of sp³-hybridized carbons (Fsp3) is 0.600. The fourth-order valence-electron chi connectivity index (χ4n) is 0.183. The second-order valence-electron chi connectivity index (χ2n) is 3.32.